The molecule has 0 fully saturated rings. The largest absolute Gasteiger partial charge is 0.481 e. The van der Waals surface area contributed by atoms with Crippen LogP contribution in [0.3, 0.4) is 0 Å². The highest BCUT2D eigenvalue weighted by molar-refractivity contribution is 6.30. The van der Waals surface area contributed by atoms with Crippen molar-refractivity contribution < 1.29 is 9.90 Å². The molecule has 3 nitrogen and oxygen atoms in total. The fourth-order valence-electron chi connectivity index (χ4n) is 1.50. The second-order valence-corrected chi connectivity index (χ2v) is 3.84. The van der Waals surface area contributed by atoms with Crippen molar-refractivity contribution in [2.45, 2.75) is 12.3 Å². The molecule has 1 atom stereocenters. The van der Waals surface area contributed by atoms with Crippen LogP contribution in [0.15, 0.2) is 24.3 Å². The van der Waals surface area contributed by atoms with Gasteiger partial charge in [-0.25, -0.2) is 0 Å². The Labute approximate surface area is 94.1 Å². The molecule has 0 radical (unpaired) electrons. The van der Waals surface area contributed by atoms with Crippen LogP contribution >= 0.6 is 11.6 Å². The minimum absolute atomic E-state index is 0.00948. The maximum atomic E-state index is 10.7. The highest BCUT2D eigenvalue weighted by atomic mass is 35.5. The van der Waals surface area contributed by atoms with Crippen molar-refractivity contribution in [1.82, 2.24) is 5.32 Å². The summed E-state index contributed by atoms with van der Waals surface area (Å²) in [5.41, 5.74) is 0.996. The Bertz CT molecular complexity index is 324. The average Bonchev–Trinajstić information content (AvgIpc) is 2.17. The summed E-state index contributed by atoms with van der Waals surface area (Å²) in [4.78, 5) is 10.7. The summed E-state index contributed by atoms with van der Waals surface area (Å²) < 4.78 is 0. The van der Waals surface area contributed by atoms with E-state index in [0.29, 0.717) is 11.6 Å². The van der Waals surface area contributed by atoms with E-state index in [0.717, 1.165) is 5.56 Å². The molecular weight excluding hydrogens is 214 g/mol. The molecule has 4 heteroatoms. The lowest BCUT2D eigenvalue weighted by molar-refractivity contribution is -0.137. The van der Waals surface area contributed by atoms with Crippen LogP contribution in [0.2, 0.25) is 5.02 Å². The quantitative estimate of drug-likeness (QED) is 0.810. The summed E-state index contributed by atoms with van der Waals surface area (Å²) in [6.45, 7) is 0.647. The molecule has 1 unspecified atom stereocenters. The summed E-state index contributed by atoms with van der Waals surface area (Å²) in [7, 11) is 1.81. The first kappa shape index (κ1) is 12.0. The minimum atomic E-state index is -0.787. The maximum absolute atomic E-state index is 10.7. The Balaban J connectivity index is 2.78. The third-order valence-corrected chi connectivity index (χ3v) is 2.46. The molecule has 1 rings (SSSR count). The highest BCUT2D eigenvalue weighted by Crippen LogP contribution is 2.20. The minimum Gasteiger partial charge on any atom is -0.481 e. The fraction of sp³-hybridized carbons (Fsp3) is 0.364. The van der Waals surface area contributed by atoms with E-state index >= 15 is 0 Å². The molecule has 0 aliphatic heterocycles. The molecular formula is C11H14ClNO2. The van der Waals surface area contributed by atoms with Gasteiger partial charge in [-0.15, -0.1) is 0 Å². The predicted octanol–water partition coefficient (Wildman–Crippen LogP) is 2.12. The first-order valence-corrected chi connectivity index (χ1v) is 5.13. The zero-order chi connectivity index (χ0) is 11.3. The predicted molar refractivity (Wildman–Crippen MR) is 60.4 cm³/mol. The molecule has 0 aliphatic rings. The van der Waals surface area contributed by atoms with Crippen molar-refractivity contribution >= 4 is 17.6 Å². The number of hydrogen-bond donors (Lipinski definition) is 2. The van der Waals surface area contributed by atoms with E-state index in [2.05, 4.69) is 5.32 Å². The Morgan fingerprint density at radius 2 is 2.07 bits per heavy atom. The van der Waals surface area contributed by atoms with Crippen LogP contribution in [-0.4, -0.2) is 24.7 Å². The lowest BCUT2D eigenvalue weighted by Gasteiger charge is -2.14. The van der Waals surface area contributed by atoms with Gasteiger partial charge >= 0.3 is 5.97 Å². The van der Waals surface area contributed by atoms with E-state index in [-0.39, 0.29) is 12.3 Å². The van der Waals surface area contributed by atoms with Gasteiger partial charge in [0.1, 0.15) is 0 Å². The molecule has 0 aliphatic carbocycles. The van der Waals surface area contributed by atoms with Crippen LogP contribution in [0.1, 0.15) is 17.9 Å². The summed E-state index contributed by atoms with van der Waals surface area (Å²) >= 11 is 5.77. The van der Waals surface area contributed by atoms with Gasteiger partial charge in [-0.3, -0.25) is 4.79 Å². The molecule has 0 saturated carbocycles. The Morgan fingerprint density at radius 1 is 1.47 bits per heavy atom. The summed E-state index contributed by atoms with van der Waals surface area (Å²) in [5.74, 6) is -0.796. The van der Waals surface area contributed by atoms with Crippen molar-refractivity contribution in [3.8, 4) is 0 Å². The summed E-state index contributed by atoms with van der Waals surface area (Å²) in [5, 5.41) is 12.4. The number of nitrogens with one attached hydrogen (secondary N) is 1. The Morgan fingerprint density at radius 3 is 2.53 bits per heavy atom. The van der Waals surface area contributed by atoms with Gasteiger partial charge in [0, 0.05) is 17.5 Å². The van der Waals surface area contributed by atoms with Crippen LogP contribution in [0.25, 0.3) is 0 Å². The maximum Gasteiger partial charge on any atom is 0.304 e. The van der Waals surface area contributed by atoms with E-state index in [1.807, 2.05) is 19.2 Å². The summed E-state index contributed by atoms with van der Waals surface area (Å²) in [6, 6.07) is 7.29. The normalized spacial score (nSPS) is 12.4. The van der Waals surface area contributed by atoms with E-state index in [4.69, 9.17) is 16.7 Å². The number of carboxylic acids is 1. The zero-order valence-electron chi connectivity index (χ0n) is 8.53. The molecule has 0 amide bonds. The Kier molecular flexibility index (Phi) is 4.59. The summed E-state index contributed by atoms with van der Waals surface area (Å²) in [6.07, 6.45) is 0.127. The third kappa shape index (κ3) is 3.90. The topological polar surface area (TPSA) is 49.3 Å². The van der Waals surface area contributed by atoms with Crippen LogP contribution in [-0.2, 0) is 4.79 Å². The van der Waals surface area contributed by atoms with Crippen LogP contribution in [0.4, 0.5) is 0 Å². The van der Waals surface area contributed by atoms with Gasteiger partial charge in [0.15, 0.2) is 0 Å². The number of hydrogen-bond acceptors (Lipinski definition) is 2. The molecule has 2 N–H and O–H groups in total. The number of carboxylic acid groups (broad SMARTS) is 1. The lowest BCUT2D eigenvalue weighted by Crippen LogP contribution is -2.19. The molecule has 0 heterocycles. The highest BCUT2D eigenvalue weighted by Gasteiger charge is 2.14. The average molecular weight is 228 g/mol. The monoisotopic (exact) mass is 227 g/mol. The van der Waals surface area contributed by atoms with E-state index < -0.39 is 5.97 Å². The molecule has 1 aromatic carbocycles. The van der Waals surface area contributed by atoms with Gasteiger partial charge in [0.25, 0.3) is 0 Å². The van der Waals surface area contributed by atoms with Gasteiger partial charge in [-0.05, 0) is 24.7 Å². The second kappa shape index (κ2) is 5.73. The molecule has 15 heavy (non-hydrogen) atoms. The van der Waals surface area contributed by atoms with Gasteiger partial charge in [0.2, 0.25) is 0 Å². The molecule has 0 aromatic heterocycles. The number of rotatable bonds is 5. The van der Waals surface area contributed by atoms with Crippen LogP contribution < -0.4 is 5.32 Å². The number of likely N-dealkylation sites (N-methyl/N-ethyl adjacent to an activating group) is 1. The van der Waals surface area contributed by atoms with Crippen molar-refractivity contribution in [3.63, 3.8) is 0 Å². The molecule has 0 bridgehead atoms. The SMILES string of the molecule is CNCC(CC(=O)O)c1ccc(Cl)cc1. The lowest BCUT2D eigenvalue weighted by atomic mass is 9.96. The zero-order valence-corrected chi connectivity index (χ0v) is 9.29. The number of benzene rings is 1. The molecule has 0 spiro atoms. The van der Waals surface area contributed by atoms with Gasteiger partial charge in [-0.2, -0.15) is 0 Å². The number of aliphatic carboxylic acids is 1. The molecule has 1 aromatic rings. The van der Waals surface area contributed by atoms with Crippen molar-refractivity contribution in [3.05, 3.63) is 34.9 Å². The second-order valence-electron chi connectivity index (χ2n) is 3.40. The molecule has 0 saturated heterocycles. The van der Waals surface area contributed by atoms with E-state index in [1.54, 1.807) is 12.1 Å². The first-order chi connectivity index (χ1) is 7.13. The standard InChI is InChI=1S/C11H14ClNO2/c1-13-7-9(6-11(14)15)8-2-4-10(12)5-3-8/h2-5,9,13H,6-7H2,1H3,(H,14,15). The van der Waals surface area contributed by atoms with Gasteiger partial charge in [-0.1, -0.05) is 23.7 Å². The van der Waals surface area contributed by atoms with Gasteiger partial charge in [0.05, 0.1) is 6.42 Å². The van der Waals surface area contributed by atoms with Crippen LogP contribution in [0, 0.1) is 0 Å². The fourth-order valence-corrected chi connectivity index (χ4v) is 1.63. The van der Waals surface area contributed by atoms with Crippen LogP contribution in [0.5, 0.6) is 0 Å². The number of halogens is 1. The smallest absolute Gasteiger partial charge is 0.304 e. The Hall–Kier alpha value is -1.06. The van der Waals surface area contributed by atoms with Gasteiger partial charge < -0.3 is 10.4 Å². The number of carbonyl (C=O) groups is 1. The van der Waals surface area contributed by atoms with Crippen molar-refractivity contribution in [2.75, 3.05) is 13.6 Å². The van der Waals surface area contributed by atoms with E-state index in [9.17, 15) is 4.79 Å². The third-order valence-electron chi connectivity index (χ3n) is 2.21. The first-order valence-electron chi connectivity index (χ1n) is 4.75. The van der Waals surface area contributed by atoms with E-state index in [1.165, 1.54) is 0 Å². The van der Waals surface area contributed by atoms with Crippen molar-refractivity contribution in [2.24, 2.45) is 0 Å². The molecule has 82 valence electrons. The van der Waals surface area contributed by atoms with Crippen molar-refractivity contribution in [1.29, 1.82) is 0 Å².